The molecule has 2 heteroatoms. The van der Waals surface area contributed by atoms with Crippen molar-refractivity contribution in [3.8, 4) is 0 Å². The summed E-state index contributed by atoms with van der Waals surface area (Å²) >= 11 is 3.98. The molecule has 0 saturated carbocycles. The van der Waals surface area contributed by atoms with E-state index in [2.05, 4.69) is 31.4 Å². The molecule has 1 nitrogen and oxygen atoms in total. The molecule has 0 fully saturated rings. The van der Waals surface area contributed by atoms with E-state index in [9.17, 15) is 0 Å². The minimum Gasteiger partial charge on any atom is -0.312 e. The summed E-state index contributed by atoms with van der Waals surface area (Å²) in [6.07, 6.45) is 0. The SMILES string of the molecule is C=C(S)CNCC. The highest BCUT2D eigenvalue weighted by molar-refractivity contribution is 7.84. The van der Waals surface area contributed by atoms with E-state index < -0.39 is 0 Å². The van der Waals surface area contributed by atoms with Crippen LogP contribution in [0.3, 0.4) is 0 Å². The molecule has 0 aliphatic heterocycles. The van der Waals surface area contributed by atoms with Gasteiger partial charge in [-0.25, -0.2) is 0 Å². The van der Waals surface area contributed by atoms with Gasteiger partial charge < -0.3 is 5.32 Å². The first kappa shape index (κ1) is 7.05. The first-order valence-corrected chi connectivity index (χ1v) is 2.79. The van der Waals surface area contributed by atoms with Crippen LogP contribution in [0, 0.1) is 0 Å². The Balaban J connectivity index is 2.82. The molecule has 0 spiro atoms. The molecule has 7 heavy (non-hydrogen) atoms. The zero-order valence-corrected chi connectivity index (χ0v) is 5.46. The number of likely N-dealkylation sites (N-methyl/N-ethyl adjacent to an activating group) is 1. The Morgan fingerprint density at radius 2 is 2.43 bits per heavy atom. The third-order valence-corrected chi connectivity index (χ3v) is 0.737. The van der Waals surface area contributed by atoms with Crippen molar-refractivity contribution in [3.63, 3.8) is 0 Å². The average molecular weight is 117 g/mol. The van der Waals surface area contributed by atoms with Gasteiger partial charge in [0.2, 0.25) is 0 Å². The van der Waals surface area contributed by atoms with Crippen LogP contribution in [-0.2, 0) is 0 Å². The summed E-state index contributed by atoms with van der Waals surface area (Å²) in [7, 11) is 0. The zero-order chi connectivity index (χ0) is 5.70. The Morgan fingerprint density at radius 3 is 2.57 bits per heavy atom. The van der Waals surface area contributed by atoms with Gasteiger partial charge in [-0.2, -0.15) is 0 Å². The molecule has 0 unspecified atom stereocenters. The Labute approximate surface area is 50.2 Å². The van der Waals surface area contributed by atoms with Crippen LogP contribution in [0.25, 0.3) is 0 Å². The van der Waals surface area contributed by atoms with Gasteiger partial charge >= 0.3 is 0 Å². The summed E-state index contributed by atoms with van der Waals surface area (Å²) in [5, 5.41) is 3.07. The monoisotopic (exact) mass is 117 g/mol. The van der Waals surface area contributed by atoms with Gasteiger partial charge in [-0.05, 0) is 11.4 Å². The van der Waals surface area contributed by atoms with E-state index in [0.29, 0.717) is 0 Å². The quantitative estimate of drug-likeness (QED) is 0.526. The molecule has 0 heterocycles. The topological polar surface area (TPSA) is 12.0 Å². The van der Waals surface area contributed by atoms with Crippen LogP contribution < -0.4 is 5.32 Å². The smallest absolute Gasteiger partial charge is 0.0256 e. The fourth-order valence-electron chi connectivity index (χ4n) is 0.269. The van der Waals surface area contributed by atoms with E-state index in [-0.39, 0.29) is 0 Å². The van der Waals surface area contributed by atoms with E-state index in [1.165, 1.54) is 0 Å². The Kier molecular flexibility index (Phi) is 4.25. The summed E-state index contributed by atoms with van der Waals surface area (Å²) in [5.41, 5.74) is 0. The standard InChI is InChI=1S/C5H11NS/c1-3-6-4-5(2)7/h6-7H,2-4H2,1H3. The van der Waals surface area contributed by atoms with Crippen molar-refractivity contribution >= 4 is 12.6 Å². The van der Waals surface area contributed by atoms with Crippen molar-refractivity contribution in [1.29, 1.82) is 0 Å². The third kappa shape index (κ3) is 6.05. The first-order valence-electron chi connectivity index (χ1n) is 2.34. The molecule has 0 aromatic rings. The van der Waals surface area contributed by atoms with Crippen LogP contribution >= 0.6 is 12.6 Å². The highest BCUT2D eigenvalue weighted by Crippen LogP contribution is 1.89. The van der Waals surface area contributed by atoms with Crippen molar-refractivity contribution in [2.75, 3.05) is 13.1 Å². The molecule has 0 radical (unpaired) electrons. The van der Waals surface area contributed by atoms with Crippen LogP contribution in [0.15, 0.2) is 11.5 Å². The zero-order valence-electron chi connectivity index (χ0n) is 4.57. The highest BCUT2D eigenvalue weighted by Gasteiger charge is 1.79. The van der Waals surface area contributed by atoms with E-state index in [1.807, 2.05) is 0 Å². The summed E-state index contributed by atoms with van der Waals surface area (Å²) in [4.78, 5) is 0.891. The van der Waals surface area contributed by atoms with E-state index in [1.54, 1.807) is 0 Å². The van der Waals surface area contributed by atoms with Crippen LogP contribution in [0.5, 0.6) is 0 Å². The maximum absolute atomic E-state index is 3.98. The lowest BCUT2D eigenvalue weighted by atomic mass is 10.6. The lowest BCUT2D eigenvalue weighted by Crippen LogP contribution is -2.13. The van der Waals surface area contributed by atoms with Crippen LogP contribution in [-0.4, -0.2) is 13.1 Å². The van der Waals surface area contributed by atoms with Crippen molar-refractivity contribution in [2.24, 2.45) is 0 Å². The minimum absolute atomic E-state index is 0.819. The first-order chi connectivity index (χ1) is 3.27. The molecule has 0 bridgehead atoms. The fraction of sp³-hybridized carbons (Fsp3) is 0.600. The van der Waals surface area contributed by atoms with E-state index in [4.69, 9.17) is 0 Å². The third-order valence-electron chi connectivity index (χ3n) is 0.579. The summed E-state index contributed by atoms with van der Waals surface area (Å²) in [6.45, 7) is 7.45. The second kappa shape index (κ2) is 4.22. The second-order valence-electron chi connectivity index (χ2n) is 1.35. The molecule has 0 aromatic carbocycles. The van der Waals surface area contributed by atoms with Gasteiger partial charge in [0.1, 0.15) is 0 Å². The van der Waals surface area contributed by atoms with Crippen molar-refractivity contribution < 1.29 is 0 Å². The van der Waals surface area contributed by atoms with Crippen molar-refractivity contribution in [3.05, 3.63) is 11.5 Å². The van der Waals surface area contributed by atoms with Crippen LogP contribution in [0.4, 0.5) is 0 Å². The molecule has 0 amide bonds. The average Bonchev–Trinajstić information content (AvgIpc) is 1.61. The highest BCUT2D eigenvalue weighted by atomic mass is 32.1. The predicted molar refractivity (Wildman–Crippen MR) is 36.7 cm³/mol. The lowest BCUT2D eigenvalue weighted by molar-refractivity contribution is 0.796. The van der Waals surface area contributed by atoms with Gasteiger partial charge in [-0.3, -0.25) is 0 Å². The lowest BCUT2D eigenvalue weighted by Gasteiger charge is -1.95. The number of hydrogen-bond donors (Lipinski definition) is 2. The van der Waals surface area contributed by atoms with Gasteiger partial charge in [-0.1, -0.05) is 13.5 Å². The predicted octanol–water partition coefficient (Wildman–Crippen LogP) is 1.04. The molecule has 0 aliphatic rings. The molecular weight excluding hydrogens is 106 g/mol. The minimum atomic E-state index is 0.819. The van der Waals surface area contributed by atoms with Crippen LogP contribution in [0.1, 0.15) is 6.92 Å². The second-order valence-corrected chi connectivity index (χ2v) is 1.98. The van der Waals surface area contributed by atoms with Crippen molar-refractivity contribution in [2.45, 2.75) is 6.92 Å². The van der Waals surface area contributed by atoms with Crippen LogP contribution in [0.2, 0.25) is 0 Å². The van der Waals surface area contributed by atoms with Gasteiger partial charge in [0, 0.05) is 6.54 Å². The van der Waals surface area contributed by atoms with E-state index in [0.717, 1.165) is 18.0 Å². The van der Waals surface area contributed by atoms with Crippen molar-refractivity contribution in [1.82, 2.24) is 5.32 Å². The maximum Gasteiger partial charge on any atom is 0.0256 e. The molecule has 0 atom stereocenters. The fourth-order valence-corrected chi connectivity index (χ4v) is 0.381. The summed E-state index contributed by atoms with van der Waals surface area (Å²) in [6, 6.07) is 0. The molecule has 0 aliphatic carbocycles. The van der Waals surface area contributed by atoms with Gasteiger partial charge in [0.05, 0.1) is 0 Å². The van der Waals surface area contributed by atoms with E-state index >= 15 is 0 Å². The molecule has 42 valence electrons. The summed E-state index contributed by atoms with van der Waals surface area (Å²) in [5.74, 6) is 0. The Bertz CT molecular complexity index is 61.1. The molecule has 1 N–H and O–H groups in total. The van der Waals surface area contributed by atoms with Gasteiger partial charge in [-0.15, -0.1) is 12.6 Å². The number of nitrogens with one attached hydrogen (secondary N) is 1. The molecule has 0 rings (SSSR count). The normalized spacial score (nSPS) is 8.86. The maximum atomic E-state index is 3.98. The molecular formula is C5H11NS. The largest absolute Gasteiger partial charge is 0.312 e. The number of rotatable bonds is 3. The van der Waals surface area contributed by atoms with Gasteiger partial charge in [0.15, 0.2) is 0 Å². The van der Waals surface area contributed by atoms with Gasteiger partial charge in [0.25, 0.3) is 0 Å². The summed E-state index contributed by atoms with van der Waals surface area (Å²) < 4.78 is 0. The molecule has 0 saturated heterocycles. The number of thiol groups is 1. The molecule has 0 aromatic heterocycles. The number of hydrogen-bond acceptors (Lipinski definition) is 2. The Hall–Kier alpha value is 0.0500. The Morgan fingerprint density at radius 1 is 1.86 bits per heavy atom.